The molecule has 0 amide bonds. The van der Waals surface area contributed by atoms with Gasteiger partial charge >= 0.3 is 0 Å². The van der Waals surface area contributed by atoms with Crippen LogP contribution in [0.25, 0.3) is 39.5 Å². The number of pyridine rings is 3. The largest absolute Gasteiger partial charge is 0.383 e. The summed E-state index contributed by atoms with van der Waals surface area (Å²) in [7, 11) is 0. The number of nitrogens with two attached hydrogens (primary N) is 1. The maximum absolute atomic E-state index is 12.5. The fraction of sp³-hybridized carbons (Fsp3) is 0.156. The zero-order valence-corrected chi connectivity index (χ0v) is 23.6. The van der Waals surface area contributed by atoms with E-state index < -0.39 is 0 Å². The predicted octanol–water partition coefficient (Wildman–Crippen LogP) is 3.40. The summed E-state index contributed by atoms with van der Waals surface area (Å²) in [5.41, 5.74) is 11.1. The molecule has 6 heterocycles. The Morgan fingerprint density at radius 1 is 0.864 bits per heavy atom. The summed E-state index contributed by atoms with van der Waals surface area (Å²) in [6, 6.07) is 23.1. The summed E-state index contributed by atoms with van der Waals surface area (Å²) < 4.78 is 1.96. The number of fused-ring (bicyclic) bond motifs is 1. The number of aromatic amines is 1. The van der Waals surface area contributed by atoms with Crippen LogP contribution in [0.3, 0.4) is 0 Å². The van der Waals surface area contributed by atoms with Crippen LogP contribution in [0.5, 0.6) is 0 Å². The molecule has 0 radical (unpaired) electrons. The quantitative estimate of drug-likeness (QED) is 0.299. The van der Waals surface area contributed by atoms with Crippen LogP contribution in [0.4, 0.5) is 11.6 Å². The SMILES string of the molecule is N#Cc1nccc(N2CCN(Cc3ccc(-n4c(-c5cccnc5N)nc5ccc(-c6ccc[nH]c6=O)nc54)cc3)CC2)n1. The first-order valence-corrected chi connectivity index (χ1v) is 14.2. The summed E-state index contributed by atoms with van der Waals surface area (Å²) in [5.74, 6) is 1.95. The average molecular weight is 582 g/mol. The molecule has 216 valence electrons. The highest BCUT2D eigenvalue weighted by Crippen LogP contribution is 2.31. The van der Waals surface area contributed by atoms with Crippen LogP contribution < -0.4 is 16.2 Å². The number of nitrogen functional groups attached to an aromatic ring is 1. The number of rotatable bonds is 6. The Morgan fingerprint density at radius 2 is 1.68 bits per heavy atom. The molecule has 1 saturated heterocycles. The molecule has 1 aromatic carbocycles. The van der Waals surface area contributed by atoms with Gasteiger partial charge in [-0.1, -0.05) is 12.1 Å². The van der Waals surface area contributed by atoms with Crippen molar-refractivity contribution in [1.29, 1.82) is 5.26 Å². The van der Waals surface area contributed by atoms with E-state index in [9.17, 15) is 4.79 Å². The molecule has 1 fully saturated rings. The fourth-order valence-corrected chi connectivity index (χ4v) is 5.49. The number of benzene rings is 1. The minimum Gasteiger partial charge on any atom is -0.383 e. The highest BCUT2D eigenvalue weighted by molar-refractivity contribution is 5.84. The standard InChI is InChI=1S/C32H27N11O/c33-19-27-35-14-11-28(40-27)42-17-15-41(16-18-42)20-21-5-7-22(8-6-21)43-30(24-4-2-12-36-29(24)34)39-26-10-9-25(38-31(26)43)23-3-1-13-37-32(23)44/h1-14H,15-18,20H2,(H2,34,36)(H,37,44). The van der Waals surface area contributed by atoms with E-state index >= 15 is 0 Å². The Kier molecular flexibility index (Phi) is 6.97. The summed E-state index contributed by atoms with van der Waals surface area (Å²) in [5, 5.41) is 9.12. The van der Waals surface area contributed by atoms with Gasteiger partial charge in [0, 0.05) is 57.0 Å². The van der Waals surface area contributed by atoms with Gasteiger partial charge in [0.2, 0.25) is 5.82 Å². The molecule has 0 aliphatic carbocycles. The van der Waals surface area contributed by atoms with E-state index in [1.165, 1.54) is 5.56 Å². The van der Waals surface area contributed by atoms with Crippen molar-refractivity contribution in [1.82, 2.24) is 39.4 Å². The lowest BCUT2D eigenvalue weighted by Crippen LogP contribution is -2.46. The number of piperazine rings is 1. The van der Waals surface area contributed by atoms with Crippen molar-refractivity contribution in [2.45, 2.75) is 6.54 Å². The Bertz CT molecular complexity index is 2070. The fourth-order valence-electron chi connectivity index (χ4n) is 5.49. The first kappa shape index (κ1) is 26.9. The highest BCUT2D eigenvalue weighted by Gasteiger charge is 2.21. The number of nitriles is 1. The predicted molar refractivity (Wildman–Crippen MR) is 167 cm³/mol. The maximum Gasteiger partial charge on any atom is 0.257 e. The number of imidazole rings is 1. The molecule has 12 nitrogen and oxygen atoms in total. The van der Waals surface area contributed by atoms with E-state index in [0.717, 1.165) is 44.2 Å². The minimum absolute atomic E-state index is 0.185. The van der Waals surface area contributed by atoms with E-state index in [1.807, 2.05) is 34.9 Å². The first-order chi connectivity index (χ1) is 21.6. The molecule has 0 saturated carbocycles. The topological polar surface area (TPSA) is 159 Å². The van der Waals surface area contributed by atoms with E-state index in [2.05, 4.69) is 54.0 Å². The first-order valence-electron chi connectivity index (χ1n) is 14.2. The molecule has 5 aromatic heterocycles. The van der Waals surface area contributed by atoms with Crippen molar-refractivity contribution < 1.29 is 0 Å². The molecule has 1 aliphatic heterocycles. The average Bonchev–Trinajstić information content (AvgIpc) is 3.44. The monoisotopic (exact) mass is 581 g/mol. The van der Waals surface area contributed by atoms with Crippen LogP contribution in [0, 0.1) is 11.3 Å². The Balaban J connectivity index is 1.18. The second kappa shape index (κ2) is 11.4. The van der Waals surface area contributed by atoms with Crippen molar-refractivity contribution >= 4 is 22.8 Å². The molecular formula is C32H27N11O. The van der Waals surface area contributed by atoms with Gasteiger partial charge in [0.25, 0.3) is 5.56 Å². The van der Waals surface area contributed by atoms with E-state index in [1.54, 1.807) is 36.8 Å². The van der Waals surface area contributed by atoms with Gasteiger partial charge in [0.1, 0.15) is 23.2 Å². The number of nitrogens with zero attached hydrogens (tertiary/aromatic N) is 9. The van der Waals surface area contributed by atoms with Crippen LogP contribution in [0.2, 0.25) is 0 Å². The van der Waals surface area contributed by atoms with E-state index in [0.29, 0.717) is 39.6 Å². The zero-order chi connectivity index (χ0) is 30.0. The van der Waals surface area contributed by atoms with Gasteiger partial charge in [0.15, 0.2) is 11.5 Å². The van der Waals surface area contributed by atoms with Crippen molar-refractivity contribution in [2.75, 3.05) is 36.8 Å². The highest BCUT2D eigenvalue weighted by atomic mass is 16.1. The molecule has 0 bridgehead atoms. The van der Waals surface area contributed by atoms with Gasteiger partial charge in [-0.2, -0.15) is 5.26 Å². The molecule has 12 heteroatoms. The van der Waals surface area contributed by atoms with E-state index in [4.69, 9.17) is 21.0 Å². The van der Waals surface area contributed by atoms with Crippen molar-refractivity contribution in [3.05, 3.63) is 107 Å². The maximum atomic E-state index is 12.5. The summed E-state index contributed by atoms with van der Waals surface area (Å²) in [4.78, 5) is 42.2. The Hall–Kier alpha value is -5.93. The van der Waals surface area contributed by atoms with Crippen LogP contribution in [-0.4, -0.2) is 65.5 Å². The van der Waals surface area contributed by atoms with Crippen LogP contribution in [-0.2, 0) is 6.54 Å². The Labute approximate surface area is 252 Å². The summed E-state index contributed by atoms with van der Waals surface area (Å²) in [6.45, 7) is 4.17. The normalized spacial score (nSPS) is 13.7. The Morgan fingerprint density at radius 3 is 2.45 bits per heavy atom. The van der Waals surface area contributed by atoms with Gasteiger partial charge < -0.3 is 15.6 Å². The van der Waals surface area contributed by atoms with Gasteiger partial charge in [-0.15, -0.1) is 0 Å². The lowest BCUT2D eigenvalue weighted by molar-refractivity contribution is 0.249. The number of hydrogen-bond acceptors (Lipinski definition) is 10. The summed E-state index contributed by atoms with van der Waals surface area (Å²) in [6.07, 6.45) is 4.88. The van der Waals surface area contributed by atoms with Gasteiger partial charge in [-0.05, 0) is 60.2 Å². The van der Waals surface area contributed by atoms with Crippen molar-refractivity contribution in [2.24, 2.45) is 0 Å². The number of anilines is 2. The molecule has 0 spiro atoms. The number of H-pyrrole nitrogens is 1. The van der Waals surface area contributed by atoms with Crippen molar-refractivity contribution in [3.63, 3.8) is 0 Å². The van der Waals surface area contributed by atoms with Crippen LogP contribution in [0.1, 0.15) is 11.4 Å². The third kappa shape index (κ3) is 5.12. The lowest BCUT2D eigenvalue weighted by Gasteiger charge is -2.35. The van der Waals surface area contributed by atoms with Crippen LogP contribution in [0.15, 0.2) is 90.1 Å². The number of aromatic nitrogens is 7. The molecule has 44 heavy (non-hydrogen) atoms. The molecule has 1 aliphatic rings. The summed E-state index contributed by atoms with van der Waals surface area (Å²) >= 11 is 0. The minimum atomic E-state index is -0.212. The number of hydrogen-bond donors (Lipinski definition) is 2. The zero-order valence-electron chi connectivity index (χ0n) is 23.6. The molecule has 6 aromatic rings. The smallest absolute Gasteiger partial charge is 0.257 e. The second-order valence-electron chi connectivity index (χ2n) is 10.4. The van der Waals surface area contributed by atoms with Gasteiger partial charge in [-0.3, -0.25) is 14.3 Å². The molecular weight excluding hydrogens is 554 g/mol. The van der Waals surface area contributed by atoms with Gasteiger partial charge in [0.05, 0.1) is 16.8 Å². The third-order valence-electron chi connectivity index (χ3n) is 7.72. The van der Waals surface area contributed by atoms with E-state index in [-0.39, 0.29) is 11.4 Å². The second-order valence-corrected chi connectivity index (χ2v) is 10.4. The molecule has 0 atom stereocenters. The molecule has 3 N–H and O–H groups in total. The third-order valence-corrected chi connectivity index (χ3v) is 7.72. The van der Waals surface area contributed by atoms with Gasteiger partial charge in [-0.25, -0.2) is 24.9 Å². The lowest BCUT2D eigenvalue weighted by atomic mass is 10.1. The molecule has 7 rings (SSSR count). The molecule has 0 unspecified atom stereocenters. The van der Waals surface area contributed by atoms with Crippen LogP contribution >= 0.6 is 0 Å². The number of nitrogens with one attached hydrogen (secondary N) is 1. The van der Waals surface area contributed by atoms with Crippen molar-refractivity contribution in [3.8, 4) is 34.4 Å².